The van der Waals surface area contributed by atoms with Crippen molar-refractivity contribution in [3.63, 3.8) is 0 Å². The average Bonchev–Trinajstić information content (AvgIpc) is 2.84. The number of aromatic nitrogens is 1. The van der Waals surface area contributed by atoms with Crippen molar-refractivity contribution >= 4 is 16.6 Å². The standard InChI is InChI=1S/C31H48N2O3/c1-6-8-10-11-12-13-20-33-28-23-26(32)17-18-27(28)29(30(31(33)34)35-21-9-7-2)36-22-19-25(5)16-14-15-24(3)4/h15,17-19,23H,6-14,16,20-22,32H2,1-5H3/b25-19+. The van der Waals surface area contributed by atoms with Crippen molar-refractivity contribution in [1.82, 2.24) is 4.57 Å². The number of nitrogen functional groups attached to an aromatic ring is 1. The molecule has 0 bridgehead atoms. The molecule has 5 nitrogen and oxygen atoms in total. The van der Waals surface area contributed by atoms with Crippen LogP contribution in [-0.4, -0.2) is 17.8 Å². The van der Waals surface area contributed by atoms with Crippen molar-refractivity contribution in [1.29, 1.82) is 0 Å². The molecule has 1 heterocycles. The Labute approximate surface area is 218 Å². The number of anilines is 1. The minimum absolute atomic E-state index is 0.128. The van der Waals surface area contributed by atoms with Crippen LogP contribution in [0, 0.1) is 0 Å². The van der Waals surface area contributed by atoms with E-state index in [1.165, 1.54) is 36.8 Å². The molecule has 36 heavy (non-hydrogen) atoms. The highest BCUT2D eigenvalue weighted by molar-refractivity contribution is 5.90. The van der Waals surface area contributed by atoms with Gasteiger partial charge in [0.05, 0.1) is 12.1 Å². The zero-order chi connectivity index (χ0) is 26.3. The average molecular weight is 497 g/mol. The van der Waals surface area contributed by atoms with Gasteiger partial charge in [0.25, 0.3) is 5.56 Å². The van der Waals surface area contributed by atoms with Gasteiger partial charge < -0.3 is 19.8 Å². The second-order valence-corrected chi connectivity index (χ2v) is 10.0. The Hall–Kier alpha value is -2.69. The van der Waals surface area contributed by atoms with Crippen LogP contribution >= 0.6 is 0 Å². The number of rotatable bonds is 17. The number of hydrogen-bond acceptors (Lipinski definition) is 4. The summed E-state index contributed by atoms with van der Waals surface area (Å²) in [6, 6.07) is 5.71. The van der Waals surface area contributed by atoms with Gasteiger partial charge in [0.15, 0.2) is 5.75 Å². The highest BCUT2D eigenvalue weighted by Gasteiger charge is 2.20. The lowest BCUT2D eigenvalue weighted by Crippen LogP contribution is -2.24. The summed E-state index contributed by atoms with van der Waals surface area (Å²) in [5, 5.41) is 0.872. The highest BCUT2D eigenvalue weighted by Crippen LogP contribution is 2.34. The molecular weight excluding hydrogens is 448 g/mol. The molecule has 2 rings (SSSR count). The summed E-state index contributed by atoms with van der Waals surface area (Å²) in [7, 11) is 0. The first-order chi connectivity index (χ1) is 17.4. The Kier molecular flexibility index (Phi) is 13.2. The van der Waals surface area contributed by atoms with Gasteiger partial charge in [0.1, 0.15) is 6.61 Å². The maximum atomic E-state index is 13.7. The fourth-order valence-corrected chi connectivity index (χ4v) is 4.23. The molecule has 5 heteroatoms. The van der Waals surface area contributed by atoms with E-state index in [1.54, 1.807) is 0 Å². The first kappa shape index (κ1) is 29.5. The normalized spacial score (nSPS) is 11.6. The van der Waals surface area contributed by atoms with Crippen LogP contribution in [0.4, 0.5) is 5.69 Å². The first-order valence-electron chi connectivity index (χ1n) is 13.9. The molecule has 0 aliphatic carbocycles. The van der Waals surface area contributed by atoms with Crippen LogP contribution < -0.4 is 20.8 Å². The van der Waals surface area contributed by atoms with Crippen LogP contribution in [0.25, 0.3) is 10.9 Å². The Balaban J connectivity index is 2.35. The van der Waals surface area contributed by atoms with Crippen molar-refractivity contribution in [3.8, 4) is 11.5 Å². The summed E-state index contributed by atoms with van der Waals surface area (Å²) < 4.78 is 14.2. The van der Waals surface area contributed by atoms with Crippen molar-refractivity contribution < 1.29 is 9.47 Å². The number of benzene rings is 1. The first-order valence-corrected chi connectivity index (χ1v) is 13.9. The molecule has 2 N–H and O–H groups in total. The lowest BCUT2D eigenvalue weighted by atomic mass is 10.1. The number of allylic oxidation sites excluding steroid dienone is 3. The Morgan fingerprint density at radius 3 is 2.36 bits per heavy atom. The minimum atomic E-state index is -0.128. The number of ether oxygens (including phenoxy) is 2. The van der Waals surface area contributed by atoms with E-state index in [2.05, 4.69) is 46.8 Å². The van der Waals surface area contributed by atoms with Crippen LogP contribution in [0.15, 0.2) is 46.3 Å². The molecule has 0 spiro atoms. The molecular formula is C31H48N2O3. The molecule has 0 aliphatic rings. The molecule has 0 atom stereocenters. The number of fused-ring (bicyclic) bond motifs is 1. The minimum Gasteiger partial charge on any atom is -0.485 e. The van der Waals surface area contributed by atoms with Crippen LogP contribution in [0.5, 0.6) is 11.5 Å². The maximum absolute atomic E-state index is 13.7. The van der Waals surface area contributed by atoms with Crippen molar-refractivity contribution in [2.45, 2.75) is 105 Å². The molecule has 2 aromatic rings. The van der Waals surface area contributed by atoms with Gasteiger partial charge in [-0.05, 0) is 70.7 Å². The lowest BCUT2D eigenvalue weighted by Gasteiger charge is -2.19. The van der Waals surface area contributed by atoms with Crippen LogP contribution in [0.1, 0.15) is 98.8 Å². The zero-order valence-corrected chi connectivity index (χ0v) is 23.3. The molecule has 200 valence electrons. The smallest absolute Gasteiger partial charge is 0.297 e. The van der Waals surface area contributed by atoms with E-state index in [1.807, 2.05) is 22.8 Å². The van der Waals surface area contributed by atoms with Gasteiger partial charge in [-0.15, -0.1) is 0 Å². The second-order valence-electron chi connectivity index (χ2n) is 10.0. The summed E-state index contributed by atoms with van der Waals surface area (Å²) in [6.07, 6.45) is 15.3. The van der Waals surface area contributed by atoms with Gasteiger partial charge >= 0.3 is 0 Å². The van der Waals surface area contributed by atoms with Gasteiger partial charge in [-0.3, -0.25) is 4.79 Å². The Bertz CT molecular complexity index is 1060. The summed E-state index contributed by atoms with van der Waals surface area (Å²) in [5.41, 5.74) is 10.1. The highest BCUT2D eigenvalue weighted by atomic mass is 16.5. The van der Waals surface area contributed by atoms with Gasteiger partial charge in [-0.2, -0.15) is 0 Å². The van der Waals surface area contributed by atoms with E-state index >= 15 is 0 Å². The van der Waals surface area contributed by atoms with Gasteiger partial charge in [-0.25, -0.2) is 0 Å². The summed E-state index contributed by atoms with van der Waals surface area (Å²) in [6.45, 7) is 12.2. The number of aryl methyl sites for hydroxylation is 1. The predicted octanol–water partition coefficient (Wildman–Crippen LogP) is 8.19. The molecule has 1 aromatic carbocycles. The Morgan fingerprint density at radius 1 is 0.917 bits per heavy atom. The third-order valence-corrected chi connectivity index (χ3v) is 6.43. The van der Waals surface area contributed by atoms with Gasteiger partial charge in [0, 0.05) is 17.6 Å². The number of unbranched alkanes of at least 4 members (excludes halogenated alkanes) is 6. The SMILES string of the molecule is CCCCCCCCn1c(=O)c(OCCCC)c(OC/C=C(\C)CCC=C(C)C)c2ccc(N)cc21. The summed E-state index contributed by atoms with van der Waals surface area (Å²) >= 11 is 0. The molecule has 0 radical (unpaired) electrons. The lowest BCUT2D eigenvalue weighted by molar-refractivity contribution is 0.274. The molecule has 0 saturated heterocycles. The van der Waals surface area contributed by atoms with Crippen LogP contribution in [0.3, 0.4) is 0 Å². The van der Waals surface area contributed by atoms with E-state index in [9.17, 15) is 4.79 Å². The molecule has 0 saturated carbocycles. The van der Waals surface area contributed by atoms with Gasteiger partial charge in [-0.1, -0.05) is 69.6 Å². The summed E-state index contributed by atoms with van der Waals surface area (Å²) in [4.78, 5) is 13.7. The number of pyridine rings is 1. The largest absolute Gasteiger partial charge is 0.485 e. The topological polar surface area (TPSA) is 66.5 Å². The van der Waals surface area contributed by atoms with Crippen LogP contribution in [-0.2, 0) is 6.54 Å². The van der Waals surface area contributed by atoms with Crippen molar-refractivity contribution in [2.75, 3.05) is 18.9 Å². The summed E-state index contributed by atoms with van der Waals surface area (Å²) in [5.74, 6) is 0.848. The third kappa shape index (κ3) is 9.40. The van der Waals surface area contributed by atoms with Crippen molar-refractivity contribution in [2.24, 2.45) is 0 Å². The van der Waals surface area contributed by atoms with E-state index in [0.717, 1.165) is 49.4 Å². The number of nitrogens with zero attached hydrogens (tertiary/aromatic N) is 1. The molecule has 0 unspecified atom stereocenters. The number of nitrogens with two attached hydrogens (primary N) is 1. The second kappa shape index (κ2) is 16.1. The van der Waals surface area contributed by atoms with E-state index in [0.29, 0.717) is 36.9 Å². The predicted molar refractivity (Wildman–Crippen MR) is 154 cm³/mol. The van der Waals surface area contributed by atoms with E-state index in [-0.39, 0.29) is 5.56 Å². The van der Waals surface area contributed by atoms with E-state index < -0.39 is 0 Å². The quantitative estimate of drug-likeness (QED) is 0.136. The fourth-order valence-electron chi connectivity index (χ4n) is 4.23. The maximum Gasteiger partial charge on any atom is 0.297 e. The third-order valence-electron chi connectivity index (χ3n) is 6.43. The van der Waals surface area contributed by atoms with Gasteiger partial charge in [0.2, 0.25) is 5.75 Å². The molecule has 0 aliphatic heterocycles. The van der Waals surface area contributed by atoms with E-state index in [4.69, 9.17) is 15.2 Å². The molecule has 1 aromatic heterocycles. The Morgan fingerprint density at radius 2 is 1.64 bits per heavy atom. The van der Waals surface area contributed by atoms with Crippen molar-refractivity contribution in [3.05, 3.63) is 51.9 Å². The zero-order valence-electron chi connectivity index (χ0n) is 23.3. The fraction of sp³-hybridized carbons (Fsp3) is 0.581. The monoisotopic (exact) mass is 496 g/mol. The molecule has 0 amide bonds. The molecule has 0 fully saturated rings. The number of hydrogen-bond donors (Lipinski definition) is 1. The van der Waals surface area contributed by atoms with Crippen LogP contribution in [0.2, 0.25) is 0 Å².